The number of hydrogen-bond donors (Lipinski definition) is 0. The number of ether oxygens (including phenoxy) is 1. The molecule has 0 fully saturated rings. The summed E-state index contributed by atoms with van der Waals surface area (Å²) >= 11 is 0. The molecule has 0 aliphatic carbocycles. The van der Waals surface area contributed by atoms with E-state index in [1.165, 1.54) is 0 Å². The summed E-state index contributed by atoms with van der Waals surface area (Å²) in [6.07, 6.45) is 0. The van der Waals surface area contributed by atoms with Gasteiger partial charge in [0.15, 0.2) is 0 Å². The van der Waals surface area contributed by atoms with Gasteiger partial charge in [-0.25, -0.2) is 0 Å². The Kier molecular flexibility index (Phi) is 5.21. The predicted octanol–water partition coefficient (Wildman–Crippen LogP) is 3.38. The van der Waals surface area contributed by atoms with Crippen molar-refractivity contribution >= 4 is 19.0 Å². The molecule has 0 radical (unpaired) electrons. The largest absolute Gasteiger partial charge is 0.823 e. The Morgan fingerprint density at radius 2 is 1.39 bits per heavy atom. The highest BCUT2D eigenvalue weighted by molar-refractivity contribution is 7.48. The van der Waals surface area contributed by atoms with E-state index in [4.69, 9.17) is 4.74 Å². The highest BCUT2D eigenvalue weighted by Gasteiger charge is 1.96. The van der Waals surface area contributed by atoms with E-state index in [9.17, 15) is 5.11 Å². The van der Waals surface area contributed by atoms with Crippen LogP contribution < -0.4 is 15.1 Å². The van der Waals surface area contributed by atoms with Crippen LogP contribution in [0.2, 0.25) is 0 Å². The van der Waals surface area contributed by atoms with Gasteiger partial charge in [-0.05, 0) is 35.4 Å². The maximum Gasteiger partial charge on any atom is 0.119 e. The fraction of sp³-hybridized carbons (Fsp3) is 0.0500. The van der Waals surface area contributed by atoms with E-state index in [2.05, 4.69) is 0 Å². The lowest BCUT2D eigenvalue weighted by molar-refractivity contribution is -0.207. The molecule has 114 valence electrons. The van der Waals surface area contributed by atoms with Crippen LogP contribution in [0.5, 0.6) is 5.75 Å². The lowest BCUT2D eigenvalue weighted by Crippen LogP contribution is -2.17. The summed E-state index contributed by atoms with van der Waals surface area (Å²) in [6.45, 7) is 0.543. The number of rotatable bonds is 5. The van der Waals surface area contributed by atoms with Crippen LogP contribution in [0.1, 0.15) is 11.1 Å². The third kappa shape index (κ3) is 4.53. The van der Waals surface area contributed by atoms with E-state index in [1.54, 1.807) is 0 Å². The Morgan fingerprint density at radius 1 is 0.783 bits per heavy atom. The molecule has 0 spiro atoms. The first-order chi connectivity index (χ1) is 11.3. The van der Waals surface area contributed by atoms with Gasteiger partial charge in [0.1, 0.15) is 12.4 Å². The molecule has 0 heterocycles. The summed E-state index contributed by atoms with van der Waals surface area (Å²) in [5, 5.41) is 13.1. The van der Waals surface area contributed by atoms with E-state index < -0.39 is 0 Å². The van der Waals surface area contributed by atoms with Gasteiger partial charge in [-0.2, -0.15) is 0 Å². The molecule has 0 aromatic heterocycles. The highest BCUT2D eigenvalue weighted by atomic mass is 31.1. The molecule has 0 bridgehead atoms. The molecule has 3 rings (SSSR count). The topological polar surface area (TPSA) is 32.3 Å². The van der Waals surface area contributed by atoms with Crippen molar-refractivity contribution in [3.8, 4) is 5.75 Å². The van der Waals surface area contributed by atoms with Crippen molar-refractivity contribution in [2.45, 2.75) is 6.61 Å². The van der Waals surface area contributed by atoms with Gasteiger partial charge in [-0.3, -0.25) is 0 Å². The first kappa shape index (κ1) is 15.5. The van der Waals surface area contributed by atoms with Crippen LogP contribution in [0.15, 0.2) is 84.9 Å². The van der Waals surface area contributed by atoms with E-state index in [1.807, 2.05) is 84.9 Å². The van der Waals surface area contributed by atoms with Gasteiger partial charge in [0.05, 0.1) is 0 Å². The Balaban J connectivity index is 1.65. The van der Waals surface area contributed by atoms with Crippen molar-refractivity contribution in [1.29, 1.82) is 0 Å². The molecule has 0 atom stereocenters. The maximum absolute atomic E-state index is 12.2. The third-order valence-corrected chi connectivity index (χ3v) is 4.35. The summed E-state index contributed by atoms with van der Waals surface area (Å²) < 4.78 is 5.75. The minimum Gasteiger partial charge on any atom is -0.823 e. The van der Waals surface area contributed by atoms with Gasteiger partial charge in [0.2, 0.25) is 0 Å². The molecule has 0 N–H and O–H groups in total. The Morgan fingerprint density at radius 3 is 2.04 bits per heavy atom. The van der Waals surface area contributed by atoms with Gasteiger partial charge in [0, 0.05) is 5.30 Å². The summed E-state index contributed by atoms with van der Waals surface area (Å²) in [6, 6.07) is 27.1. The highest BCUT2D eigenvalue weighted by Crippen LogP contribution is 2.14. The predicted molar refractivity (Wildman–Crippen MR) is 94.3 cm³/mol. The van der Waals surface area contributed by atoms with Crippen LogP contribution in [0.4, 0.5) is 0 Å². The second-order valence-corrected chi connectivity index (χ2v) is 6.20. The lowest BCUT2D eigenvalue weighted by atomic mass is 10.2. The fourth-order valence-electron chi connectivity index (χ4n) is 2.12. The normalized spacial score (nSPS) is 11.3. The molecule has 0 aliphatic rings. The first-order valence-corrected chi connectivity index (χ1v) is 8.28. The summed E-state index contributed by atoms with van der Waals surface area (Å²) in [4.78, 5) is 0. The lowest BCUT2D eigenvalue weighted by Gasteiger charge is -2.11. The molecule has 0 amide bonds. The van der Waals surface area contributed by atoms with Gasteiger partial charge >= 0.3 is 0 Å². The molecule has 23 heavy (non-hydrogen) atoms. The first-order valence-electron chi connectivity index (χ1n) is 7.39. The van der Waals surface area contributed by atoms with Gasteiger partial charge < -0.3 is 9.84 Å². The van der Waals surface area contributed by atoms with Crippen LogP contribution >= 0.6 is 8.20 Å². The molecular formula is C20H16O2P-. The average Bonchev–Trinajstić information content (AvgIpc) is 2.63. The van der Waals surface area contributed by atoms with Crippen molar-refractivity contribution in [2.24, 2.45) is 0 Å². The molecule has 0 aliphatic heterocycles. The molecule has 2 nitrogen and oxygen atoms in total. The van der Waals surface area contributed by atoms with Crippen LogP contribution in [-0.4, -0.2) is 5.48 Å². The standard InChI is InChI=1S/C20H17O2P/c21-20(17-9-5-2-6-10-17)23-19-13-11-18(12-14-19)22-15-16-7-3-1-4-8-16/h1-14,21H,15H2/p-1. The zero-order valence-electron chi connectivity index (χ0n) is 12.6. The van der Waals surface area contributed by atoms with Crippen molar-refractivity contribution in [3.05, 3.63) is 96.1 Å². The van der Waals surface area contributed by atoms with Crippen molar-refractivity contribution in [1.82, 2.24) is 0 Å². The van der Waals surface area contributed by atoms with Crippen LogP contribution in [0.3, 0.4) is 0 Å². The van der Waals surface area contributed by atoms with Gasteiger partial charge in [-0.15, -0.1) is 5.48 Å². The second-order valence-electron chi connectivity index (χ2n) is 5.05. The quantitative estimate of drug-likeness (QED) is 0.675. The smallest absolute Gasteiger partial charge is 0.119 e. The average molecular weight is 319 g/mol. The molecule has 3 heteroatoms. The second kappa shape index (κ2) is 7.73. The van der Waals surface area contributed by atoms with Crippen molar-refractivity contribution in [2.75, 3.05) is 0 Å². The van der Waals surface area contributed by atoms with E-state index >= 15 is 0 Å². The van der Waals surface area contributed by atoms with Crippen molar-refractivity contribution < 1.29 is 9.84 Å². The molecule has 0 saturated carbocycles. The molecule has 0 unspecified atom stereocenters. The monoisotopic (exact) mass is 319 g/mol. The SMILES string of the molecule is [O-]C(=Pc1ccc(OCc2ccccc2)cc1)c1ccccc1. The zero-order chi connectivity index (χ0) is 15.9. The van der Waals surface area contributed by atoms with E-state index in [0.717, 1.165) is 22.2 Å². The third-order valence-electron chi connectivity index (χ3n) is 3.34. The number of benzene rings is 3. The van der Waals surface area contributed by atoms with Gasteiger partial charge in [-0.1, -0.05) is 68.9 Å². The number of hydrogen-bond acceptors (Lipinski definition) is 2. The summed E-state index contributed by atoms with van der Waals surface area (Å²) in [7, 11) is 0.679. The van der Waals surface area contributed by atoms with Crippen molar-refractivity contribution in [3.63, 3.8) is 0 Å². The summed E-state index contributed by atoms with van der Waals surface area (Å²) in [5.74, 6) is 0.806. The Hall–Kier alpha value is -2.41. The molecule has 3 aromatic carbocycles. The fourth-order valence-corrected chi connectivity index (χ4v) is 2.93. The maximum atomic E-state index is 12.2. The molecular weight excluding hydrogens is 303 g/mol. The van der Waals surface area contributed by atoms with E-state index in [-0.39, 0.29) is 5.48 Å². The van der Waals surface area contributed by atoms with Crippen LogP contribution in [0.25, 0.3) is 0 Å². The minimum absolute atomic E-state index is 0.101. The Bertz CT molecular complexity index is 766. The molecule has 0 saturated heterocycles. The Labute approximate surface area is 137 Å². The van der Waals surface area contributed by atoms with Crippen LogP contribution in [-0.2, 0) is 6.61 Å². The van der Waals surface area contributed by atoms with Gasteiger partial charge in [0.25, 0.3) is 0 Å². The van der Waals surface area contributed by atoms with Crippen LogP contribution in [0, 0.1) is 0 Å². The summed E-state index contributed by atoms with van der Waals surface area (Å²) in [5.41, 5.74) is 1.97. The zero-order valence-corrected chi connectivity index (χ0v) is 13.4. The minimum atomic E-state index is 0.101. The molecule has 3 aromatic rings. The van der Waals surface area contributed by atoms with E-state index in [0.29, 0.717) is 14.8 Å².